The highest BCUT2D eigenvalue weighted by atomic mass is 19.2. The molecule has 0 aliphatic carbocycles. The molecule has 272 valence electrons. The quantitative estimate of drug-likeness (QED) is 0.110. The number of rotatable bonds is 4. The highest BCUT2D eigenvalue weighted by Gasteiger charge is 2.33. The number of hydrogen-bond acceptors (Lipinski definition) is 7. The molecule has 9 rings (SSSR count). The van der Waals surface area contributed by atoms with Gasteiger partial charge in [-0.15, -0.1) is 0 Å². The van der Waals surface area contributed by atoms with Gasteiger partial charge in [-0.05, 0) is 102 Å². The van der Waals surface area contributed by atoms with Crippen LogP contribution in [0.2, 0.25) is 0 Å². The normalized spacial score (nSPS) is 17.1. The molecule has 56 heavy (non-hydrogen) atoms. The standard InChI is InChI=1S/C44H23F5N4O3/c45-40-39(41(46)43(48)44(49)42(40)47)38-33-16-14-31(52-33)36(22-5-2-8-25(55)19-22)29-12-10-27(50-29)35(21-4-1-7-24(54)18-21)28-11-13-30(51-28)37(32-15-17-34(38)53-32)23-6-3-9-26(56)20-23/h1-20,54-56H. The Morgan fingerprint density at radius 1 is 0.339 bits per heavy atom. The molecular formula is C44H23F5N4O3. The summed E-state index contributed by atoms with van der Waals surface area (Å²) >= 11 is 0. The Morgan fingerprint density at radius 2 is 0.625 bits per heavy atom. The fraction of sp³-hybridized carbons (Fsp3) is 0. The third kappa shape index (κ3) is 5.66. The van der Waals surface area contributed by atoms with Gasteiger partial charge in [0.1, 0.15) is 17.2 Å². The summed E-state index contributed by atoms with van der Waals surface area (Å²) in [5.74, 6) is -10.9. The van der Waals surface area contributed by atoms with Gasteiger partial charge < -0.3 is 15.3 Å². The van der Waals surface area contributed by atoms with Crippen molar-refractivity contribution in [2.75, 3.05) is 0 Å². The van der Waals surface area contributed by atoms with Gasteiger partial charge in [0.2, 0.25) is 5.82 Å². The third-order valence-corrected chi connectivity index (χ3v) is 9.47. The van der Waals surface area contributed by atoms with Crippen LogP contribution in [0.3, 0.4) is 0 Å². The summed E-state index contributed by atoms with van der Waals surface area (Å²) in [6, 6.07) is 19.1. The average molecular weight is 751 g/mol. The van der Waals surface area contributed by atoms with E-state index in [9.17, 15) is 28.5 Å². The number of allylic oxidation sites excluding steroid dienone is 12. The van der Waals surface area contributed by atoms with Gasteiger partial charge in [0.25, 0.3) is 0 Å². The van der Waals surface area contributed by atoms with Crippen molar-refractivity contribution in [3.8, 4) is 17.2 Å². The second kappa shape index (κ2) is 13.1. The van der Waals surface area contributed by atoms with E-state index in [4.69, 9.17) is 20.0 Å². The number of phenolic OH excluding ortho intramolecular Hbond substituents is 3. The predicted molar refractivity (Wildman–Crippen MR) is 205 cm³/mol. The molecule has 0 atom stereocenters. The third-order valence-electron chi connectivity index (χ3n) is 9.47. The molecule has 4 aromatic carbocycles. The van der Waals surface area contributed by atoms with Gasteiger partial charge >= 0.3 is 0 Å². The Kier molecular flexibility index (Phi) is 8.04. The minimum absolute atomic E-state index is 0.00241. The maximum Gasteiger partial charge on any atom is 0.200 e. The lowest BCUT2D eigenvalue weighted by molar-refractivity contribution is 0.376. The molecule has 5 heterocycles. The van der Waals surface area contributed by atoms with Gasteiger partial charge in [0.15, 0.2) is 23.3 Å². The van der Waals surface area contributed by atoms with E-state index >= 15 is 8.78 Å². The van der Waals surface area contributed by atoms with Gasteiger partial charge in [-0.25, -0.2) is 41.9 Å². The highest BCUT2D eigenvalue weighted by Crippen LogP contribution is 2.41. The first-order chi connectivity index (χ1) is 27.0. The molecule has 4 aromatic rings. The van der Waals surface area contributed by atoms with E-state index in [-0.39, 0.29) is 40.1 Å². The number of aromatic hydroxyl groups is 3. The monoisotopic (exact) mass is 750 g/mol. The smallest absolute Gasteiger partial charge is 0.200 e. The summed E-state index contributed by atoms with van der Waals surface area (Å²) in [4.78, 5) is 19.4. The van der Waals surface area contributed by atoms with Gasteiger partial charge in [0.05, 0.1) is 51.2 Å². The Labute approximate surface area is 314 Å². The van der Waals surface area contributed by atoms with Crippen molar-refractivity contribution < 1.29 is 37.3 Å². The lowest BCUT2D eigenvalue weighted by Gasteiger charge is -2.14. The van der Waals surface area contributed by atoms with Crippen molar-refractivity contribution in [3.05, 3.63) is 196 Å². The van der Waals surface area contributed by atoms with Gasteiger partial charge in [-0.3, -0.25) is 0 Å². The van der Waals surface area contributed by atoms with Gasteiger partial charge in [-0.1, -0.05) is 36.4 Å². The summed E-state index contributed by atoms with van der Waals surface area (Å²) in [6.45, 7) is 0. The molecule has 8 bridgehead atoms. The first-order valence-electron chi connectivity index (χ1n) is 17.0. The Hall–Kier alpha value is -7.47. The maximum absolute atomic E-state index is 15.8. The molecule has 3 N–H and O–H groups in total. The fourth-order valence-corrected chi connectivity index (χ4v) is 7.04. The van der Waals surface area contributed by atoms with Crippen LogP contribution in [-0.2, 0) is 0 Å². The zero-order chi connectivity index (χ0) is 38.8. The fourth-order valence-electron chi connectivity index (χ4n) is 7.04. The minimum Gasteiger partial charge on any atom is -0.508 e. The van der Waals surface area contributed by atoms with Gasteiger partial charge in [-0.2, -0.15) is 0 Å². The molecule has 12 heteroatoms. The van der Waals surface area contributed by atoms with Crippen LogP contribution in [0.5, 0.6) is 17.2 Å². The largest absolute Gasteiger partial charge is 0.508 e. The molecular weight excluding hydrogens is 727 g/mol. The van der Waals surface area contributed by atoms with E-state index in [1.807, 2.05) is 0 Å². The Balaban J connectivity index is 1.41. The van der Waals surface area contributed by atoms with Crippen molar-refractivity contribution in [1.82, 2.24) is 0 Å². The summed E-state index contributed by atoms with van der Waals surface area (Å²) in [5, 5.41) is 31.5. The average Bonchev–Trinajstić information content (AvgIpc) is 4.02. The lowest BCUT2D eigenvalue weighted by atomic mass is 9.97. The van der Waals surface area contributed by atoms with E-state index in [0.717, 1.165) is 0 Å². The summed E-state index contributed by atoms with van der Waals surface area (Å²) in [6.07, 6.45) is 12.6. The summed E-state index contributed by atoms with van der Waals surface area (Å²) in [7, 11) is 0. The number of benzene rings is 4. The number of hydrogen-bond donors (Lipinski definition) is 3. The minimum atomic E-state index is -2.32. The molecule has 0 amide bonds. The predicted octanol–water partition coefficient (Wildman–Crippen LogP) is 9.50. The van der Waals surface area contributed by atoms with Crippen molar-refractivity contribution in [2.45, 2.75) is 0 Å². The van der Waals surface area contributed by atoms with Crippen molar-refractivity contribution >= 4 is 45.1 Å². The van der Waals surface area contributed by atoms with Crippen LogP contribution in [0, 0.1) is 29.1 Å². The number of halogens is 5. The second-order valence-electron chi connectivity index (χ2n) is 13.0. The topological polar surface area (TPSA) is 110 Å². The molecule has 0 saturated carbocycles. The first-order valence-corrected chi connectivity index (χ1v) is 17.0. The first kappa shape index (κ1) is 34.3. The van der Waals surface area contributed by atoms with Crippen molar-refractivity contribution in [1.29, 1.82) is 0 Å². The van der Waals surface area contributed by atoms with E-state index < -0.39 is 40.2 Å². The zero-order valence-electron chi connectivity index (χ0n) is 28.6. The maximum atomic E-state index is 15.8. The molecule has 0 spiro atoms. The Bertz CT molecular complexity index is 2810. The number of phenols is 3. The molecule has 5 aliphatic rings. The summed E-state index contributed by atoms with van der Waals surface area (Å²) < 4.78 is 75.7. The van der Waals surface area contributed by atoms with E-state index in [2.05, 4.69) is 0 Å². The van der Waals surface area contributed by atoms with Crippen LogP contribution < -0.4 is 0 Å². The molecule has 0 unspecified atom stereocenters. The van der Waals surface area contributed by atoms with Crippen LogP contribution >= 0.6 is 0 Å². The van der Waals surface area contributed by atoms with E-state index in [0.29, 0.717) is 56.2 Å². The van der Waals surface area contributed by atoms with Crippen molar-refractivity contribution in [2.24, 2.45) is 20.0 Å². The Morgan fingerprint density at radius 3 is 0.946 bits per heavy atom. The van der Waals surface area contributed by atoms with E-state index in [1.54, 1.807) is 66.8 Å². The highest BCUT2D eigenvalue weighted by molar-refractivity contribution is 6.39. The molecule has 0 radical (unpaired) electrons. The SMILES string of the molecule is Oc1cccc(C2=C3C=CC(=N3)C(c3cccc(O)c3)=C3C=CC(=N3)C(c3c(F)c(F)c(F)c(F)c3F)=C3C=CC(=N3)C(c3cccc(O)c3)=C3C=CC2=N3)c1. The molecule has 7 nitrogen and oxygen atoms in total. The van der Waals surface area contributed by atoms with Crippen LogP contribution in [0.15, 0.2) is 164 Å². The van der Waals surface area contributed by atoms with E-state index in [1.165, 1.54) is 54.6 Å². The van der Waals surface area contributed by atoms with Crippen LogP contribution in [0.4, 0.5) is 22.0 Å². The number of nitrogens with zero attached hydrogens (tertiary/aromatic N) is 4. The van der Waals surface area contributed by atoms with Crippen LogP contribution in [-0.4, -0.2) is 38.2 Å². The molecule has 5 aliphatic heterocycles. The van der Waals surface area contributed by atoms with Gasteiger partial charge in [0, 0.05) is 22.3 Å². The van der Waals surface area contributed by atoms with Crippen LogP contribution in [0.1, 0.15) is 22.3 Å². The number of aliphatic imine (C=N–C) groups is 4. The molecule has 0 fully saturated rings. The second-order valence-corrected chi connectivity index (χ2v) is 13.0. The summed E-state index contributed by atoms with van der Waals surface area (Å²) in [5.41, 5.74) is 2.65. The zero-order valence-corrected chi connectivity index (χ0v) is 28.6. The molecule has 0 saturated heterocycles. The molecule has 0 aromatic heterocycles. The van der Waals surface area contributed by atoms with Crippen LogP contribution in [0.25, 0.3) is 22.3 Å². The number of fused-ring (bicyclic) bond motifs is 4. The lowest BCUT2D eigenvalue weighted by Crippen LogP contribution is -2.11. The van der Waals surface area contributed by atoms with Crippen molar-refractivity contribution in [3.63, 3.8) is 0 Å².